The number of fused-ring (bicyclic) bond motifs is 1. The lowest BCUT2D eigenvalue weighted by molar-refractivity contribution is 0.0946. The van der Waals surface area contributed by atoms with E-state index in [-0.39, 0.29) is 5.91 Å². The number of anilines is 1. The molecule has 0 unspecified atom stereocenters. The fourth-order valence-electron chi connectivity index (χ4n) is 2.11. The highest BCUT2D eigenvalue weighted by atomic mass is 16.1. The number of aromatic nitrogens is 4. The molecule has 0 atom stereocenters. The van der Waals surface area contributed by atoms with Crippen LogP contribution in [-0.4, -0.2) is 31.8 Å². The van der Waals surface area contributed by atoms with Crippen LogP contribution in [0.2, 0.25) is 0 Å². The normalized spacial score (nSPS) is 13.7. The van der Waals surface area contributed by atoms with E-state index in [9.17, 15) is 4.79 Å². The Morgan fingerprint density at radius 1 is 1.58 bits per heavy atom. The van der Waals surface area contributed by atoms with Crippen molar-refractivity contribution in [3.05, 3.63) is 29.8 Å². The van der Waals surface area contributed by atoms with E-state index in [0.717, 1.165) is 31.2 Å². The van der Waals surface area contributed by atoms with E-state index >= 15 is 0 Å². The minimum Gasteiger partial charge on any atom is -0.356 e. The number of aryl methyl sites for hydroxylation is 2. The van der Waals surface area contributed by atoms with E-state index < -0.39 is 0 Å². The zero-order valence-corrected chi connectivity index (χ0v) is 10.8. The molecule has 2 aromatic rings. The molecule has 1 aliphatic heterocycles. The summed E-state index contributed by atoms with van der Waals surface area (Å²) in [7, 11) is 1.85. The number of amides is 1. The molecule has 0 aromatic carbocycles. The maximum absolute atomic E-state index is 12.0. The van der Waals surface area contributed by atoms with E-state index in [1.807, 2.05) is 23.9 Å². The predicted octanol–water partition coefficient (Wildman–Crippen LogP) is 0.362. The smallest absolute Gasteiger partial charge is 0.271 e. The summed E-state index contributed by atoms with van der Waals surface area (Å²) >= 11 is 0. The van der Waals surface area contributed by atoms with Gasteiger partial charge in [-0.2, -0.15) is 5.10 Å². The molecule has 7 nitrogen and oxygen atoms in total. The standard InChI is InChI=1S/C12H16N6O/c1-17-6-3-9(16-17)7-14-11(19)10-8-18-5-2-4-13-12(18)15-10/h3,6,8H,2,4-5,7H2,1H3,(H,13,15)(H,14,19). The Morgan fingerprint density at radius 3 is 3.21 bits per heavy atom. The number of hydrogen-bond acceptors (Lipinski definition) is 4. The zero-order chi connectivity index (χ0) is 13.2. The SMILES string of the molecule is Cn1ccc(CNC(=O)c2cn3c(n2)NCCC3)n1. The third kappa shape index (κ3) is 2.44. The molecule has 1 aliphatic rings. The van der Waals surface area contributed by atoms with Crippen molar-refractivity contribution in [2.45, 2.75) is 19.5 Å². The maximum Gasteiger partial charge on any atom is 0.271 e. The molecule has 3 rings (SSSR count). The minimum atomic E-state index is -0.172. The Hall–Kier alpha value is -2.31. The van der Waals surface area contributed by atoms with Gasteiger partial charge in [-0.1, -0.05) is 0 Å². The number of carbonyl (C=O) groups excluding carboxylic acids is 1. The summed E-state index contributed by atoms with van der Waals surface area (Å²) in [6.07, 6.45) is 4.69. The van der Waals surface area contributed by atoms with Crippen LogP contribution in [0.4, 0.5) is 5.95 Å². The highest BCUT2D eigenvalue weighted by Crippen LogP contribution is 2.13. The maximum atomic E-state index is 12.0. The fourth-order valence-corrected chi connectivity index (χ4v) is 2.11. The molecule has 3 heterocycles. The summed E-state index contributed by atoms with van der Waals surface area (Å²) in [4.78, 5) is 16.3. The third-order valence-corrected chi connectivity index (χ3v) is 3.07. The first-order valence-electron chi connectivity index (χ1n) is 6.30. The van der Waals surface area contributed by atoms with Crippen molar-refractivity contribution >= 4 is 11.9 Å². The Labute approximate surface area is 110 Å². The van der Waals surface area contributed by atoms with E-state index in [2.05, 4.69) is 20.7 Å². The molecule has 0 radical (unpaired) electrons. The number of nitrogens with one attached hydrogen (secondary N) is 2. The molecule has 100 valence electrons. The summed E-state index contributed by atoms with van der Waals surface area (Å²) in [6.45, 7) is 2.23. The van der Waals surface area contributed by atoms with Crippen LogP contribution in [0.25, 0.3) is 0 Å². The van der Waals surface area contributed by atoms with E-state index in [1.165, 1.54) is 0 Å². The molecule has 19 heavy (non-hydrogen) atoms. The monoisotopic (exact) mass is 260 g/mol. The van der Waals surface area contributed by atoms with Gasteiger partial charge in [-0.3, -0.25) is 9.48 Å². The number of nitrogens with zero attached hydrogens (tertiary/aromatic N) is 4. The lowest BCUT2D eigenvalue weighted by Gasteiger charge is -2.14. The largest absolute Gasteiger partial charge is 0.356 e. The molecular formula is C12H16N6O. The first kappa shape index (κ1) is 11.8. The molecule has 0 bridgehead atoms. The van der Waals surface area contributed by atoms with Crippen molar-refractivity contribution in [3.63, 3.8) is 0 Å². The van der Waals surface area contributed by atoms with Gasteiger partial charge in [0.05, 0.1) is 12.2 Å². The van der Waals surface area contributed by atoms with Crippen molar-refractivity contribution in [1.82, 2.24) is 24.6 Å². The van der Waals surface area contributed by atoms with E-state index in [1.54, 1.807) is 10.9 Å². The van der Waals surface area contributed by atoms with Crippen LogP contribution in [0.3, 0.4) is 0 Å². The Bertz CT molecular complexity index is 576. The van der Waals surface area contributed by atoms with Gasteiger partial charge < -0.3 is 15.2 Å². The second-order valence-electron chi connectivity index (χ2n) is 4.59. The van der Waals surface area contributed by atoms with Crippen molar-refractivity contribution in [2.75, 3.05) is 11.9 Å². The highest BCUT2D eigenvalue weighted by Gasteiger charge is 2.16. The Balaban J connectivity index is 1.65. The number of imidazole rings is 1. The van der Waals surface area contributed by atoms with Crippen LogP contribution in [0.1, 0.15) is 22.6 Å². The predicted molar refractivity (Wildman–Crippen MR) is 69.7 cm³/mol. The average molecular weight is 260 g/mol. The van der Waals surface area contributed by atoms with Crippen LogP contribution in [0.5, 0.6) is 0 Å². The number of carbonyl (C=O) groups is 1. The Kier molecular flexibility index (Phi) is 2.94. The quantitative estimate of drug-likeness (QED) is 0.835. The highest BCUT2D eigenvalue weighted by molar-refractivity contribution is 5.92. The van der Waals surface area contributed by atoms with Crippen molar-refractivity contribution in [1.29, 1.82) is 0 Å². The van der Waals surface area contributed by atoms with Gasteiger partial charge >= 0.3 is 0 Å². The van der Waals surface area contributed by atoms with Crippen LogP contribution < -0.4 is 10.6 Å². The van der Waals surface area contributed by atoms with Gasteiger partial charge in [-0.25, -0.2) is 4.98 Å². The molecule has 1 amide bonds. The summed E-state index contributed by atoms with van der Waals surface area (Å²) in [5, 5.41) is 10.2. The van der Waals surface area contributed by atoms with E-state index in [4.69, 9.17) is 0 Å². The van der Waals surface area contributed by atoms with Crippen LogP contribution in [0.15, 0.2) is 18.5 Å². The lowest BCUT2D eigenvalue weighted by Crippen LogP contribution is -2.23. The fraction of sp³-hybridized carbons (Fsp3) is 0.417. The second kappa shape index (κ2) is 4.75. The second-order valence-corrected chi connectivity index (χ2v) is 4.59. The van der Waals surface area contributed by atoms with Crippen LogP contribution >= 0.6 is 0 Å². The van der Waals surface area contributed by atoms with Gasteiger partial charge in [0.2, 0.25) is 5.95 Å². The minimum absolute atomic E-state index is 0.172. The molecule has 0 fully saturated rings. The van der Waals surface area contributed by atoms with Crippen molar-refractivity contribution in [2.24, 2.45) is 7.05 Å². The molecular weight excluding hydrogens is 244 g/mol. The topological polar surface area (TPSA) is 76.8 Å². The molecule has 0 saturated heterocycles. The number of hydrogen-bond donors (Lipinski definition) is 2. The summed E-state index contributed by atoms with van der Waals surface area (Å²) in [6, 6.07) is 1.88. The van der Waals surface area contributed by atoms with Crippen LogP contribution in [0, 0.1) is 0 Å². The summed E-state index contributed by atoms with van der Waals surface area (Å²) in [5.74, 6) is 0.601. The van der Waals surface area contributed by atoms with Gasteiger partial charge in [0.25, 0.3) is 5.91 Å². The molecule has 0 spiro atoms. The summed E-state index contributed by atoms with van der Waals surface area (Å²) in [5.41, 5.74) is 1.28. The zero-order valence-electron chi connectivity index (χ0n) is 10.8. The van der Waals surface area contributed by atoms with Crippen LogP contribution in [-0.2, 0) is 20.1 Å². The van der Waals surface area contributed by atoms with Crippen molar-refractivity contribution < 1.29 is 4.79 Å². The Morgan fingerprint density at radius 2 is 2.47 bits per heavy atom. The average Bonchev–Trinajstić information content (AvgIpc) is 3.01. The van der Waals surface area contributed by atoms with Crippen molar-refractivity contribution in [3.8, 4) is 0 Å². The van der Waals surface area contributed by atoms with E-state index in [0.29, 0.717) is 12.2 Å². The third-order valence-electron chi connectivity index (χ3n) is 3.07. The molecule has 0 saturated carbocycles. The molecule has 2 aromatic heterocycles. The van der Waals surface area contributed by atoms with Gasteiger partial charge in [-0.15, -0.1) is 0 Å². The lowest BCUT2D eigenvalue weighted by atomic mass is 10.3. The first-order chi connectivity index (χ1) is 9.22. The number of rotatable bonds is 3. The molecule has 2 N–H and O–H groups in total. The van der Waals surface area contributed by atoms with Gasteiger partial charge in [0.1, 0.15) is 5.69 Å². The van der Waals surface area contributed by atoms with Gasteiger partial charge in [0, 0.05) is 32.5 Å². The summed E-state index contributed by atoms with van der Waals surface area (Å²) < 4.78 is 3.68. The van der Waals surface area contributed by atoms with Gasteiger partial charge in [0.15, 0.2) is 0 Å². The molecule has 0 aliphatic carbocycles. The molecule has 7 heteroatoms. The first-order valence-corrected chi connectivity index (χ1v) is 6.30. The van der Waals surface area contributed by atoms with Gasteiger partial charge in [-0.05, 0) is 12.5 Å².